The molecule has 0 spiro atoms. The Morgan fingerprint density at radius 1 is 1.30 bits per heavy atom. The zero-order valence-corrected chi connectivity index (χ0v) is 12.9. The van der Waals surface area contributed by atoms with Crippen LogP contribution in [-0.4, -0.2) is 10.9 Å². The zero-order valence-electron chi connectivity index (χ0n) is 11.3. The van der Waals surface area contributed by atoms with E-state index in [1.165, 1.54) is 0 Å². The number of carbonyl (C=O) groups is 1. The molecule has 1 N–H and O–H groups in total. The Kier molecular flexibility index (Phi) is 5.30. The van der Waals surface area contributed by atoms with Crippen LogP contribution in [0.25, 0.3) is 0 Å². The van der Waals surface area contributed by atoms with Gasteiger partial charge in [-0.15, -0.1) is 0 Å². The van der Waals surface area contributed by atoms with Gasteiger partial charge < -0.3 is 5.32 Å². The van der Waals surface area contributed by atoms with E-state index in [0.29, 0.717) is 6.42 Å². The molecular formula is C16H17BrN2O. The van der Waals surface area contributed by atoms with Gasteiger partial charge in [-0.25, -0.2) is 0 Å². The number of pyridine rings is 1. The molecule has 0 aliphatic rings. The molecule has 0 radical (unpaired) electrons. The van der Waals surface area contributed by atoms with E-state index in [1.807, 2.05) is 43.3 Å². The number of aryl methyl sites for hydroxylation is 1. The highest BCUT2D eigenvalue weighted by Crippen LogP contribution is 2.17. The van der Waals surface area contributed by atoms with Gasteiger partial charge in [0.2, 0.25) is 5.91 Å². The number of nitrogens with zero attached hydrogens (tertiary/aromatic N) is 1. The smallest absolute Gasteiger partial charge is 0.220 e. The molecule has 0 aliphatic heterocycles. The van der Waals surface area contributed by atoms with Crippen molar-refractivity contribution < 1.29 is 4.79 Å². The minimum atomic E-state index is -0.0181. The lowest BCUT2D eigenvalue weighted by molar-refractivity contribution is -0.121. The van der Waals surface area contributed by atoms with Gasteiger partial charge in [-0.3, -0.25) is 9.78 Å². The minimum Gasteiger partial charge on any atom is -0.350 e. The molecule has 0 saturated carbocycles. The van der Waals surface area contributed by atoms with Gasteiger partial charge in [-0.05, 0) is 36.6 Å². The summed E-state index contributed by atoms with van der Waals surface area (Å²) in [6.07, 6.45) is 4.71. The van der Waals surface area contributed by atoms with Crippen molar-refractivity contribution in [2.45, 2.75) is 25.8 Å². The molecule has 1 heterocycles. The van der Waals surface area contributed by atoms with Crippen LogP contribution in [0.15, 0.2) is 53.3 Å². The summed E-state index contributed by atoms with van der Waals surface area (Å²) in [5, 5.41) is 2.99. The summed E-state index contributed by atoms with van der Waals surface area (Å²) in [4.78, 5) is 16.0. The van der Waals surface area contributed by atoms with Crippen molar-refractivity contribution >= 4 is 21.8 Å². The molecule has 20 heavy (non-hydrogen) atoms. The van der Waals surface area contributed by atoms with Crippen LogP contribution >= 0.6 is 15.9 Å². The fourth-order valence-corrected chi connectivity index (χ4v) is 2.46. The fourth-order valence-electron chi connectivity index (χ4n) is 1.98. The van der Waals surface area contributed by atoms with Crippen LogP contribution in [0.3, 0.4) is 0 Å². The summed E-state index contributed by atoms with van der Waals surface area (Å²) in [7, 11) is 0. The molecule has 3 nitrogen and oxygen atoms in total. The molecule has 1 amide bonds. The van der Waals surface area contributed by atoms with E-state index >= 15 is 0 Å². The monoisotopic (exact) mass is 332 g/mol. The maximum absolute atomic E-state index is 12.0. The van der Waals surface area contributed by atoms with Gasteiger partial charge in [-0.1, -0.05) is 40.2 Å². The van der Waals surface area contributed by atoms with Crippen molar-refractivity contribution in [1.29, 1.82) is 0 Å². The average molecular weight is 333 g/mol. The van der Waals surface area contributed by atoms with E-state index in [9.17, 15) is 4.79 Å². The highest BCUT2D eigenvalue weighted by atomic mass is 79.9. The van der Waals surface area contributed by atoms with E-state index in [2.05, 4.69) is 26.2 Å². The molecule has 104 valence electrons. The first-order chi connectivity index (χ1) is 9.66. The van der Waals surface area contributed by atoms with Crippen molar-refractivity contribution in [3.8, 4) is 0 Å². The SMILES string of the molecule is CC(NC(=O)CCc1ccccc1Br)c1cccnc1. The number of amides is 1. The number of nitrogens with one attached hydrogen (secondary N) is 1. The molecular weight excluding hydrogens is 316 g/mol. The molecule has 0 aliphatic carbocycles. The summed E-state index contributed by atoms with van der Waals surface area (Å²) in [6, 6.07) is 11.8. The first-order valence-corrected chi connectivity index (χ1v) is 7.39. The first kappa shape index (κ1) is 14.7. The van der Waals surface area contributed by atoms with Crippen LogP contribution in [0, 0.1) is 0 Å². The average Bonchev–Trinajstić information content (AvgIpc) is 2.47. The Bertz CT molecular complexity index is 572. The predicted molar refractivity (Wildman–Crippen MR) is 83.3 cm³/mol. The van der Waals surface area contributed by atoms with Gasteiger partial charge in [0.15, 0.2) is 0 Å². The Morgan fingerprint density at radius 2 is 2.10 bits per heavy atom. The van der Waals surface area contributed by atoms with Gasteiger partial charge in [0.05, 0.1) is 6.04 Å². The van der Waals surface area contributed by atoms with E-state index in [1.54, 1.807) is 12.4 Å². The van der Waals surface area contributed by atoms with E-state index in [-0.39, 0.29) is 11.9 Å². The molecule has 0 bridgehead atoms. The standard InChI is InChI=1S/C16H17BrN2O/c1-12(14-6-4-10-18-11-14)19-16(20)9-8-13-5-2-3-7-15(13)17/h2-7,10-12H,8-9H2,1H3,(H,19,20). The third-order valence-corrected chi connectivity index (χ3v) is 3.91. The van der Waals surface area contributed by atoms with Crippen LogP contribution in [0.1, 0.15) is 30.5 Å². The molecule has 0 saturated heterocycles. The summed E-state index contributed by atoms with van der Waals surface area (Å²) in [5.41, 5.74) is 2.17. The second-order valence-electron chi connectivity index (χ2n) is 4.67. The molecule has 4 heteroatoms. The Balaban J connectivity index is 1.86. The largest absolute Gasteiger partial charge is 0.350 e. The third-order valence-electron chi connectivity index (χ3n) is 3.14. The van der Waals surface area contributed by atoms with Crippen LogP contribution < -0.4 is 5.32 Å². The highest BCUT2D eigenvalue weighted by Gasteiger charge is 2.10. The number of halogens is 1. The van der Waals surface area contributed by atoms with Crippen molar-refractivity contribution in [1.82, 2.24) is 10.3 Å². The van der Waals surface area contributed by atoms with Gasteiger partial charge in [-0.2, -0.15) is 0 Å². The van der Waals surface area contributed by atoms with E-state index in [4.69, 9.17) is 0 Å². The molecule has 0 fully saturated rings. The second kappa shape index (κ2) is 7.20. The topological polar surface area (TPSA) is 42.0 Å². The van der Waals surface area contributed by atoms with Gasteiger partial charge in [0, 0.05) is 23.3 Å². The van der Waals surface area contributed by atoms with E-state index < -0.39 is 0 Å². The molecule has 2 aromatic rings. The Morgan fingerprint density at radius 3 is 2.80 bits per heavy atom. The van der Waals surface area contributed by atoms with Crippen molar-refractivity contribution in [2.75, 3.05) is 0 Å². The van der Waals surface area contributed by atoms with Crippen LogP contribution in [0.2, 0.25) is 0 Å². The first-order valence-electron chi connectivity index (χ1n) is 6.59. The summed E-state index contributed by atoms with van der Waals surface area (Å²) in [6.45, 7) is 1.97. The van der Waals surface area contributed by atoms with Crippen molar-refractivity contribution in [3.63, 3.8) is 0 Å². The maximum atomic E-state index is 12.0. The number of benzene rings is 1. The summed E-state index contributed by atoms with van der Waals surface area (Å²) < 4.78 is 1.05. The zero-order chi connectivity index (χ0) is 14.4. The van der Waals surface area contributed by atoms with Crippen molar-refractivity contribution in [3.05, 3.63) is 64.4 Å². The fraction of sp³-hybridized carbons (Fsp3) is 0.250. The molecule has 1 aromatic heterocycles. The molecule has 2 rings (SSSR count). The van der Waals surface area contributed by atoms with Crippen LogP contribution in [-0.2, 0) is 11.2 Å². The molecule has 1 unspecified atom stereocenters. The Labute approximate surface area is 127 Å². The van der Waals surface area contributed by atoms with Gasteiger partial charge in [0.25, 0.3) is 0 Å². The lowest BCUT2D eigenvalue weighted by Crippen LogP contribution is -2.26. The lowest BCUT2D eigenvalue weighted by atomic mass is 10.1. The van der Waals surface area contributed by atoms with Crippen LogP contribution in [0.4, 0.5) is 0 Å². The maximum Gasteiger partial charge on any atom is 0.220 e. The quantitative estimate of drug-likeness (QED) is 0.907. The number of hydrogen-bond donors (Lipinski definition) is 1. The highest BCUT2D eigenvalue weighted by molar-refractivity contribution is 9.10. The van der Waals surface area contributed by atoms with Crippen molar-refractivity contribution in [2.24, 2.45) is 0 Å². The molecule has 1 aromatic carbocycles. The lowest BCUT2D eigenvalue weighted by Gasteiger charge is -2.14. The normalized spacial score (nSPS) is 11.9. The molecule has 1 atom stereocenters. The third kappa shape index (κ3) is 4.17. The van der Waals surface area contributed by atoms with E-state index in [0.717, 1.165) is 22.0 Å². The summed E-state index contributed by atoms with van der Waals surface area (Å²) in [5.74, 6) is 0.0529. The van der Waals surface area contributed by atoms with Gasteiger partial charge >= 0.3 is 0 Å². The number of aromatic nitrogens is 1. The predicted octanol–water partition coefficient (Wildman–Crippen LogP) is 3.65. The number of rotatable bonds is 5. The summed E-state index contributed by atoms with van der Waals surface area (Å²) >= 11 is 3.49. The van der Waals surface area contributed by atoms with Crippen LogP contribution in [0.5, 0.6) is 0 Å². The number of hydrogen-bond acceptors (Lipinski definition) is 2. The van der Waals surface area contributed by atoms with Gasteiger partial charge in [0.1, 0.15) is 0 Å². The number of carbonyl (C=O) groups excluding carboxylic acids is 1. The minimum absolute atomic E-state index is 0.0181. The second-order valence-corrected chi connectivity index (χ2v) is 5.52. The Hall–Kier alpha value is -1.68.